The van der Waals surface area contributed by atoms with Gasteiger partial charge >= 0.3 is 5.97 Å². The minimum Gasteiger partial charge on any atom is -0.462 e. The first kappa shape index (κ1) is 23.0. The molecule has 2 N–H and O–H groups in total. The largest absolute Gasteiger partial charge is 0.462 e. The second kappa shape index (κ2) is 8.01. The molecular weight excluding hydrogens is 404 g/mol. The van der Waals surface area contributed by atoms with Crippen molar-refractivity contribution in [1.82, 2.24) is 0 Å². The highest BCUT2D eigenvalue weighted by atomic mass is 16.5. The Kier molecular flexibility index (Phi) is 5.76. The molecule has 0 unspecified atom stereocenters. The second-order valence-corrected chi connectivity index (χ2v) is 11.3. The van der Waals surface area contributed by atoms with Crippen molar-refractivity contribution in [3.05, 3.63) is 11.6 Å². The van der Waals surface area contributed by atoms with E-state index < -0.39 is 11.8 Å². The number of hydrogen-bond donors (Lipinski definition) is 1. The van der Waals surface area contributed by atoms with Crippen molar-refractivity contribution in [2.24, 2.45) is 52.1 Å². The van der Waals surface area contributed by atoms with Crippen LogP contribution >= 0.6 is 0 Å². The molecule has 0 aliphatic heterocycles. The van der Waals surface area contributed by atoms with E-state index in [2.05, 4.69) is 26.0 Å². The van der Waals surface area contributed by atoms with E-state index >= 15 is 0 Å². The number of nitrogens with zero attached hydrogens (tertiary/aromatic N) is 1. The molecule has 1 amide bonds. The molecule has 174 valence electrons. The van der Waals surface area contributed by atoms with Crippen molar-refractivity contribution in [1.29, 1.82) is 5.26 Å². The number of nitriles is 1. The predicted octanol–water partition coefficient (Wildman–Crippen LogP) is 3.94. The summed E-state index contributed by atoms with van der Waals surface area (Å²) in [5.41, 5.74) is 6.90. The lowest BCUT2D eigenvalue weighted by Gasteiger charge is -2.58. The third kappa shape index (κ3) is 3.40. The molecule has 4 aliphatic carbocycles. The first-order chi connectivity index (χ1) is 15.0. The second-order valence-electron chi connectivity index (χ2n) is 11.3. The Bertz CT molecular complexity index is 904. The van der Waals surface area contributed by atoms with Crippen LogP contribution in [0.5, 0.6) is 0 Å². The number of ketones is 1. The van der Waals surface area contributed by atoms with Crippen LogP contribution < -0.4 is 5.73 Å². The number of fused-ring (bicyclic) bond motifs is 5. The molecule has 32 heavy (non-hydrogen) atoms. The zero-order chi connectivity index (χ0) is 23.4. The number of amides is 1. The lowest BCUT2D eigenvalue weighted by atomic mass is 9.47. The number of esters is 1. The van der Waals surface area contributed by atoms with Gasteiger partial charge in [-0.05, 0) is 80.0 Å². The molecule has 6 nitrogen and oxygen atoms in total. The van der Waals surface area contributed by atoms with Crippen molar-refractivity contribution in [3.63, 3.8) is 0 Å². The van der Waals surface area contributed by atoms with Crippen LogP contribution in [0.15, 0.2) is 11.6 Å². The van der Waals surface area contributed by atoms with Gasteiger partial charge in [-0.3, -0.25) is 14.4 Å². The summed E-state index contributed by atoms with van der Waals surface area (Å²) in [6.07, 6.45) is 8.71. The van der Waals surface area contributed by atoms with Crippen molar-refractivity contribution in [2.75, 3.05) is 0 Å². The average molecular weight is 441 g/mol. The quantitative estimate of drug-likeness (QED) is 0.526. The number of rotatable bonds is 4. The Labute approximate surface area is 190 Å². The molecule has 0 radical (unpaired) electrons. The smallest absolute Gasteiger partial charge is 0.302 e. The van der Waals surface area contributed by atoms with Gasteiger partial charge in [0.2, 0.25) is 5.91 Å². The van der Waals surface area contributed by atoms with E-state index in [4.69, 9.17) is 10.5 Å². The van der Waals surface area contributed by atoms with E-state index in [0.717, 1.165) is 44.9 Å². The van der Waals surface area contributed by atoms with Crippen LogP contribution in [0.4, 0.5) is 0 Å². The fraction of sp³-hybridized carbons (Fsp3) is 0.769. The Morgan fingerprint density at radius 3 is 2.50 bits per heavy atom. The molecule has 0 aromatic carbocycles. The summed E-state index contributed by atoms with van der Waals surface area (Å²) < 4.78 is 5.53. The summed E-state index contributed by atoms with van der Waals surface area (Å²) >= 11 is 0. The van der Waals surface area contributed by atoms with E-state index in [9.17, 15) is 19.6 Å². The molecule has 0 saturated heterocycles. The summed E-state index contributed by atoms with van der Waals surface area (Å²) in [6, 6.07) is 2.12. The zero-order valence-electron chi connectivity index (χ0n) is 19.7. The summed E-state index contributed by atoms with van der Waals surface area (Å²) in [5, 5.41) is 9.68. The average Bonchev–Trinajstić information content (AvgIpc) is 3.01. The molecule has 9 atom stereocenters. The maximum absolute atomic E-state index is 12.8. The van der Waals surface area contributed by atoms with Gasteiger partial charge in [-0.2, -0.15) is 5.26 Å². The van der Waals surface area contributed by atoms with Gasteiger partial charge in [0.25, 0.3) is 0 Å². The summed E-state index contributed by atoms with van der Waals surface area (Å²) in [4.78, 5) is 36.3. The number of hydrogen-bond acceptors (Lipinski definition) is 5. The van der Waals surface area contributed by atoms with Crippen molar-refractivity contribution in [3.8, 4) is 6.07 Å². The molecule has 0 aromatic heterocycles. The third-order valence-electron chi connectivity index (χ3n) is 9.81. The van der Waals surface area contributed by atoms with E-state index in [1.807, 2.05) is 0 Å². The van der Waals surface area contributed by atoms with Crippen molar-refractivity contribution < 1.29 is 19.1 Å². The van der Waals surface area contributed by atoms with Gasteiger partial charge in [0.05, 0.1) is 6.07 Å². The minimum atomic E-state index is -0.908. The molecule has 0 bridgehead atoms. The lowest BCUT2D eigenvalue weighted by Crippen LogP contribution is -2.51. The molecule has 6 heteroatoms. The first-order valence-corrected chi connectivity index (χ1v) is 12.1. The van der Waals surface area contributed by atoms with Gasteiger partial charge in [-0.25, -0.2) is 0 Å². The van der Waals surface area contributed by atoms with Crippen LogP contribution in [0.3, 0.4) is 0 Å². The minimum absolute atomic E-state index is 0.0258. The standard InChI is InChI=1S/C26H36N2O4/c1-14(29)23-19(20(13-27)24(28)31)12-22-18-6-5-16-11-17(32-15(2)30)7-9-25(16,3)21(18)8-10-26(22,23)4/h5,17-23H,6-12H2,1-4H3,(H2,28,31)/t17-,18+,19-,20+,21-,22-,23-,25-,26-/m0/s1. The van der Waals surface area contributed by atoms with Gasteiger partial charge in [0.15, 0.2) is 0 Å². The number of Topliss-reactive ketones (excluding diaryl/α,β-unsaturated/α-hetero) is 1. The van der Waals surface area contributed by atoms with Crippen molar-refractivity contribution >= 4 is 17.7 Å². The summed E-state index contributed by atoms with van der Waals surface area (Å²) in [6.45, 7) is 7.68. The number of carbonyl (C=O) groups excluding carboxylic acids is 3. The topological polar surface area (TPSA) is 110 Å². The Balaban J connectivity index is 1.65. The molecule has 0 spiro atoms. The summed E-state index contributed by atoms with van der Waals surface area (Å²) in [7, 11) is 0. The number of ether oxygens (including phenoxy) is 1. The first-order valence-electron chi connectivity index (χ1n) is 12.1. The highest BCUT2D eigenvalue weighted by molar-refractivity contribution is 5.84. The zero-order valence-corrected chi connectivity index (χ0v) is 19.7. The molecular formula is C26H36N2O4. The van der Waals surface area contributed by atoms with Gasteiger partial charge in [-0.15, -0.1) is 0 Å². The fourth-order valence-corrected chi connectivity index (χ4v) is 8.52. The Morgan fingerprint density at radius 2 is 1.91 bits per heavy atom. The van der Waals surface area contributed by atoms with Crippen LogP contribution in [0, 0.1) is 57.7 Å². The predicted molar refractivity (Wildman–Crippen MR) is 119 cm³/mol. The van der Waals surface area contributed by atoms with E-state index in [1.54, 1.807) is 6.92 Å². The van der Waals surface area contributed by atoms with Crippen LogP contribution in [-0.4, -0.2) is 23.8 Å². The number of carbonyl (C=O) groups is 3. The van der Waals surface area contributed by atoms with E-state index in [-0.39, 0.29) is 40.5 Å². The highest BCUT2D eigenvalue weighted by Gasteiger charge is 2.63. The number of primary amides is 1. The van der Waals surface area contributed by atoms with E-state index in [1.165, 1.54) is 12.5 Å². The Morgan fingerprint density at radius 1 is 1.19 bits per heavy atom. The normalized spacial score (nSPS) is 43.5. The molecule has 4 aliphatic rings. The molecule has 4 rings (SSSR count). The van der Waals surface area contributed by atoms with Crippen molar-refractivity contribution in [2.45, 2.75) is 78.7 Å². The van der Waals surface area contributed by atoms with Crippen LogP contribution in [-0.2, 0) is 19.1 Å². The number of allylic oxidation sites excluding steroid dienone is 1. The van der Waals surface area contributed by atoms with Crippen LogP contribution in [0.2, 0.25) is 0 Å². The van der Waals surface area contributed by atoms with Gasteiger partial charge in [-0.1, -0.05) is 25.5 Å². The highest BCUT2D eigenvalue weighted by Crippen LogP contribution is 2.68. The van der Waals surface area contributed by atoms with Gasteiger partial charge in [0.1, 0.15) is 17.8 Å². The number of nitrogens with two attached hydrogens (primary N) is 1. The van der Waals surface area contributed by atoms with Gasteiger partial charge in [0, 0.05) is 19.3 Å². The molecule has 3 saturated carbocycles. The Hall–Kier alpha value is -2.16. The lowest BCUT2D eigenvalue weighted by molar-refractivity contribution is -0.149. The fourth-order valence-electron chi connectivity index (χ4n) is 8.52. The molecule has 0 heterocycles. The van der Waals surface area contributed by atoms with Crippen LogP contribution in [0.25, 0.3) is 0 Å². The molecule has 0 aromatic rings. The monoisotopic (exact) mass is 440 g/mol. The SMILES string of the molecule is CC(=O)O[C@H]1CC[C@@]2(C)C(=CC[C@H]3[C@@H]4C[C@@H]([C@@H](C#N)C(N)=O)[C@H](C(C)=O)[C@@]4(C)CC[C@@H]32)C1. The maximum atomic E-state index is 12.8. The van der Waals surface area contributed by atoms with E-state index in [0.29, 0.717) is 17.8 Å². The van der Waals surface area contributed by atoms with Gasteiger partial charge < -0.3 is 10.5 Å². The van der Waals surface area contributed by atoms with Crippen LogP contribution in [0.1, 0.15) is 72.6 Å². The summed E-state index contributed by atoms with van der Waals surface area (Å²) in [5.74, 6) is -0.971. The third-order valence-corrected chi connectivity index (χ3v) is 9.81. The maximum Gasteiger partial charge on any atom is 0.302 e. The molecule has 3 fully saturated rings.